The molecule has 0 radical (unpaired) electrons. The number of hydrogen-bond acceptors (Lipinski definition) is 4. The summed E-state index contributed by atoms with van der Waals surface area (Å²) in [6, 6.07) is 11.1. The number of carbonyl (C=O) groups is 1. The third kappa shape index (κ3) is 4.96. The lowest BCUT2D eigenvalue weighted by atomic mass is 10.2. The number of piperazine rings is 1. The van der Waals surface area contributed by atoms with Gasteiger partial charge in [0, 0.05) is 37.6 Å². The minimum absolute atomic E-state index is 0.0217. The Kier molecular flexibility index (Phi) is 6.36. The highest BCUT2D eigenvalue weighted by Crippen LogP contribution is 2.24. The van der Waals surface area contributed by atoms with Crippen molar-refractivity contribution >= 4 is 46.1 Å². The van der Waals surface area contributed by atoms with Crippen LogP contribution in [0.1, 0.15) is 11.8 Å². The van der Waals surface area contributed by atoms with Gasteiger partial charge in [0.15, 0.2) is 0 Å². The summed E-state index contributed by atoms with van der Waals surface area (Å²) in [5.41, 5.74) is 0.661. The molecular formula is C18H21Cl2N3OS. The lowest BCUT2D eigenvalue weighted by Crippen LogP contribution is -2.52. The van der Waals surface area contributed by atoms with Crippen molar-refractivity contribution in [3.05, 3.63) is 50.6 Å². The molecule has 1 fully saturated rings. The molecule has 3 rings (SSSR count). The number of amides is 1. The summed E-state index contributed by atoms with van der Waals surface area (Å²) in [6.45, 7) is 6.50. The van der Waals surface area contributed by atoms with E-state index in [1.807, 2.05) is 31.2 Å². The van der Waals surface area contributed by atoms with Gasteiger partial charge in [-0.05, 0) is 31.2 Å². The first-order chi connectivity index (χ1) is 12.0. The summed E-state index contributed by atoms with van der Waals surface area (Å²) < 4.78 is 0.832. The Labute approximate surface area is 162 Å². The van der Waals surface area contributed by atoms with E-state index < -0.39 is 0 Å². The number of para-hydroxylation sites is 1. The van der Waals surface area contributed by atoms with Crippen LogP contribution in [0, 0.1) is 0 Å². The van der Waals surface area contributed by atoms with Gasteiger partial charge in [0.05, 0.1) is 21.1 Å². The molecule has 4 nitrogen and oxygen atoms in total. The Morgan fingerprint density at radius 3 is 2.52 bits per heavy atom. The molecule has 1 aromatic carbocycles. The van der Waals surface area contributed by atoms with Crippen molar-refractivity contribution in [2.24, 2.45) is 0 Å². The standard InChI is InChI=1S/C18H21Cl2N3OS/c1-13(18(24)21-16-5-3-2-4-15(16)19)23-10-8-22(9-11-23)12-14-6-7-17(20)25-14/h2-7,13H,8-12H2,1H3,(H,21,24). The predicted molar refractivity (Wildman–Crippen MR) is 106 cm³/mol. The van der Waals surface area contributed by atoms with Gasteiger partial charge in [-0.15, -0.1) is 11.3 Å². The molecule has 134 valence electrons. The number of carbonyl (C=O) groups excluding carboxylic acids is 1. The summed E-state index contributed by atoms with van der Waals surface area (Å²) in [5, 5.41) is 3.48. The number of thiophene rings is 1. The van der Waals surface area contributed by atoms with Crippen LogP contribution in [0.5, 0.6) is 0 Å². The number of benzene rings is 1. The number of hydrogen-bond donors (Lipinski definition) is 1. The number of halogens is 2. The van der Waals surface area contributed by atoms with Crippen LogP contribution in [0.4, 0.5) is 5.69 Å². The summed E-state index contributed by atoms with van der Waals surface area (Å²) in [5.74, 6) is -0.0217. The topological polar surface area (TPSA) is 35.6 Å². The fourth-order valence-electron chi connectivity index (χ4n) is 2.93. The van der Waals surface area contributed by atoms with Crippen LogP contribution in [0.15, 0.2) is 36.4 Å². The Morgan fingerprint density at radius 1 is 1.16 bits per heavy atom. The number of nitrogens with zero attached hydrogens (tertiary/aromatic N) is 2. The number of rotatable bonds is 5. The molecule has 0 bridgehead atoms. The average molecular weight is 398 g/mol. The van der Waals surface area contributed by atoms with Crippen molar-refractivity contribution in [1.82, 2.24) is 9.80 Å². The monoisotopic (exact) mass is 397 g/mol. The van der Waals surface area contributed by atoms with Crippen molar-refractivity contribution in [1.29, 1.82) is 0 Å². The molecule has 0 aliphatic carbocycles. The number of anilines is 1. The van der Waals surface area contributed by atoms with Crippen molar-refractivity contribution in [3.8, 4) is 0 Å². The van der Waals surface area contributed by atoms with Gasteiger partial charge in [0.25, 0.3) is 0 Å². The molecule has 1 amide bonds. The Hall–Kier alpha value is -1.11. The predicted octanol–water partition coefficient (Wildman–Crippen LogP) is 4.20. The van der Waals surface area contributed by atoms with E-state index in [2.05, 4.69) is 21.2 Å². The quantitative estimate of drug-likeness (QED) is 0.820. The zero-order valence-electron chi connectivity index (χ0n) is 14.0. The van der Waals surface area contributed by atoms with E-state index in [1.54, 1.807) is 17.4 Å². The van der Waals surface area contributed by atoms with Crippen molar-refractivity contribution in [3.63, 3.8) is 0 Å². The van der Waals surface area contributed by atoms with Crippen molar-refractivity contribution in [2.45, 2.75) is 19.5 Å². The highest BCUT2D eigenvalue weighted by atomic mass is 35.5. The summed E-state index contributed by atoms with van der Waals surface area (Å²) >= 11 is 13.7. The van der Waals surface area contributed by atoms with Crippen LogP contribution in [0.2, 0.25) is 9.36 Å². The molecule has 0 spiro atoms. The normalized spacial score (nSPS) is 17.4. The van der Waals surface area contributed by atoms with Crippen molar-refractivity contribution < 1.29 is 4.79 Å². The van der Waals surface area contributed by atoms with Gasteiger partial charge in [0.1, 0.15) is 0 Å². The molecule has 1 saturated heterocycles. The van der Waals surface area contributed by atoms with Crippen molar-refractivity contribution in [2.75, 3.05) is 31.5 Å². The first kappa shape index (κ1) is 18.7. The molecular weight excluding hydrogens is 377 g/mol. The Bertz CT molecular complexity index is 729. The second kappa shape index (κ2) is 8.52. The summed E-state index contributed by atoms with van der Waals surface area (Å²) in [7, 11) is 0. The van der Waals surface area contributed by atoms with Gasteiger partial charge >= 0.3 is 0 Å². The van der Waals surface area contributed by atoms with Gasteiger partial charge in [-0.2, -0.15) is 0 Å². The molecule has 1 N–H and O–H groups in total. The maximum Gasteiger partial charge on any atom is 0.241 e. The smallest absolute Gasteiger partial charge is 0.241 e. The van der Waals surface area contributed by atoms with Gasteiger partial charge in [-0.1, -0.05) is 35.3 Å². The maximum absolute atomic E-state index is 12.5. The van der Waals surface area contributed by atoms with Crippen LogP contribution in [0.25, 0.3) is 0 Å². The van der Waals surface area contributed by atoms with E-state index in [-0.39, 0.29) is 11.9 Å². The zero-order valence-corrected chi connectivity index (χ0v) is 16.4. The zero-order chi connectivity index (χ0) is 17.8. The van der Waals surface area contributed by atoms with Gasteiger partial charge < -0.3 is 5.32 Å². The second-order valence-corrected chi connectivity index (χ2v) is 8.37. The highest BCUT2D eigenvalue weighted by Gasteiger charge is 2.26. The summed E-state index contributed by atoms with van der Waals surface area (Å²) in [4.78, 5) is 18.4. The SMILES string of the molecule is CC(C(=O)Nc1ccccc1Cl)N1CCN(Cc2ccc(Cl)s2)CC1. The molecule has 2 aromatic rings. The van der Waals surface area contributed by atoms with E-state index in [0.29, 0.717) is 10.7 Å². The Balaban J connectivity index is 1.50. The lowest BCUT2D eigenvalue weighted by molar-refractivity contribution is -0.121. The number of nitrogens with one attached hydrogen (secondary N) is 1. The van der Waals surface area contributed by atoms with Crippen LogP contribution in [0.3, 0.4) is 0 Å². The minimum Gasteiger partial charge on any atom is -0.323 e. The largest absolute Gasteiger partial charge is 0.323 e. The fourth-order valence-corrected chi connectivity index (χ4v) is 4.24. The molecule has 1 aliphatic heterocycles. The first-order valence-electron chi connectivity index (χ1n) is 8.29. The molecule has 1 aliphatic rings. The average Bonchev–Trinajstić information content (AvgIpc) is 3.02. The molecule has 1 unspecified atom stereocenters. The molecule has 2 heterocycles. The fraction of sp³-hybridized carbons (Fsp3) is 0.389. The third-order valence-corrected chi connectivity index (χ3v) is 6.02. The molecule has 1 atom stereocenters. The molecule has 25 heavy (non-hydrogen) atoms. The van der Waals surface area contributed by atoms with E-state index >= 15 is 0 Å². The van der Waals surface area contributed by atoms with E-state index in [9.17, 15) is 4.79 Å². The van der Waals surface area contributed by atoms with Crippen LogP contribution in [-0.4, -0.2) is 47.9 Å². The first-order valence-corrected chi connectivity index (χ1v) is 9.86. The van der Waals surface area contributed by atoms with Crippen LogP contribution < -0.4 is 5.32 Å². The van der Waals surface area contributed by atoms with E-state index in [4.69, 9.17) is 23.2 Å². The Morgan fingerprint density at radius 2 is 1.88 bits per heavy atom. The van der Waals surface area contributed by atoms with Gasteiger partial charge in [0.2, 0.25) is 5.91 Å². The second-order valence-electron chi connectivity index (χ2n) is 6.16. The van der Waals surface area contributed by atoms with E-state index in [1.165, 1.54) is 4.88 Å². The van der Waals surface area contributed by atoms with E-state index in [0.717, 1.165) is 37.1 Å². The van der Waals surface area contributed by atoms with Gasteiger partial charge in [-0.3, -0.25) is 14.6 Å². The van der Waals surface area contributed by atoms with Gasteiger partial charge in [-0.25, -0.2) is 0 Å². The summed E-state index contributed by atoms with van der Waals surface area (Å²) in [6.07, 6.45) is 0. The highest BCUT2D eigenvalue weighted by molar-refractivity contribution is 7.16. The molecule has 0 saturated carbocycles. The third-order valence-electron chi connectivity index (χ3n) is 4.47. The minimum atomic E-state index is -0.186. The molecule has 7 heteroatoms. The molecule has 1 aromatic heterocycles. The van der Waals surface area contributed by atoms with Crippen LogP contribution in [-0.2, 0) is 11.3 Å². The lowest BCUT2D eigenvalue weighted by Gasteiger charge is -2.37. The van der Waals surface area contributed by atoms with Crippen LogP contribution >= 0.6 is 34.5 Å². The maximum atomic E-state index is 12.5.